The van der Waals surface area contributed by atoms with E-state index in [0.717, 1.165) is 60.2 Å². The second-order valence-electron chi connectivity index (χ2n) is 8.99. The number of hydrogen-bond donors (Lipinski definition) is 1. The van der Waals surface area contributed by atoms with E-state index in [1.807, 2.05) is 41.7 Å². The zero-order chi connectivity index (χ0) is 21.2. The van der Waals surface area contributed by atoms with Crippen molar-refractivity contribution in [3.8, 4) is 16.9 Å². The maximum atomic E-state index is 14.3. The number of nitrogens with zero attached hydrogens (tertiary/aromatic N) is 3. The van der Waals surface area contributed by atoms with Gasteiger partial charge in [0.25, 0.3) is 5.56 Å². The summed E-state index contributed by atoms with van der Waals surface area (Å²) in [7, 11) is 0. The van der Waals surface area contributed by atoms with Gasteiger partial charge in [-0.2, -0.15) is 0 Å². The number of aryl methyl sites for hydroxylation is 1. The Morgan fingerprint density at radius 3 is 2.58 bits per heavy atom. The fourth-order valence-corrected chi connectivity index (χ4v) is 6.05. The molecule has 6 heteroatoms. The van der Waals surface area contributed by atoms with Gasteiger partial charge in [0, 0.05) is 16.5 Å². The van der Waals surface area contributed by atoms with Gasteiger partial charge in [-0.3, -0.25) is 9.20 Å². The van der Waals surface area contributed by atoms with Crippen molar-refractivity contribution < 1.29 is 0 Å². The number of aromatic nitrogens is 4. The fraction of sp³-hybridized carbons (Fsp3) is 0.320. The van der Waals surface area contributed by atoms with Crippen LogP contribution in [0.25, 0.3) is 22.7 Å². The maximum Gasteiger partial charge on any atom is 0.263 e. The molecule has 0 saturated heterocycles. The van der Waals surface area contributed by atoms with Gasteiger partial charge in [0.2, 0.25) is 10.5 Å². The number of rotatable bonds is 1. The minimum absolute atomic E-state index is 0.0437. The van der Waals surface area contributed by atoms with Gasteiger partial charge in [0.1, 0.15) is 0 Å². The van der Waals surface area contributed by atoms with Gasteiger partial charge in [-0.15, -0.1) is 5.10 Å². The van der Waals surface area contributed by atoms with E-state index in [2.05, 4.69) is 28.4 Å². The van der Waals surface area contributed by atoms with Gasteiger partial charge in [0.15, 0.2) is 0 Å². The summed E-state index contributed by atoms with van der Waals surface area (Å²) in [6.07, 6.45) is 6.52. The lowest BCUT2D eigenvalue weighted by Crippen LogP contribution is -2.43. The van der Waals surface area contributed by atoms with Crippen LogP contribution in [0, 0.1) is 11.7 Å². The molecule has 0 unspecified atom stereocenters. The summed E-state index contributed by atoms with van der Waals surface area (Å²) in [5.74, 6) is 0.547. The predicted molar refractivity (Wildman–Crippen MR) is 125 cm³/mol. The van der Waals surface area contributed by atoms with Crippen molar-refractivity contribution in [3.63, 3.8) is 0 Å². The molecule has 2 aliphatic carbocycles. The molecule has 5 nitrogen and oxygen atoms in total. The standard InChI is InChI=1S/C25H24N4OS/c1-16-9-3-6-12-19(16)28-22(30)20-21(29-23(28)26-27-24(29)31)18-11-5-4-10-17(18)15-25(20)13-7-2-8-14-25/h3-6,9-12H,2,7-8,13-15H2,1H3,(H,27,31). The van der Waals surface area contributed by atoms with Crippen LogP contribution in [0.1, 0.15) is 48.8 Å². The molecule has 4 aromatic rings. The Kier molecular flexibility index (Phi) is 4.09. The first-order valence-corrected chi connectivity index (χ1v) is 11.4. The highest BCUT2D eigenvalue weighted by Crippen LogP contribution is 2.49. The Hall–Kier alpha value is -2.99. The Morgan fingerprint density at radius 2 is 1.77 bits per heavy atom. The fourth-order valence-electron chi connectivity index (χ4n) is 5.83. The van der Waals surface area contributed by atoms with Crippen LogP contribution in [0.4, 0.5) is 0 Å². The molecule has 1 spiro atoms. The number of benzene rings is 2. The third-order valence-electron chi connectivity index (χ3n) is 7.23. The van der Waals surface area contributed by atoms with Crippen LogP contribution in [-0.2, 0) is 11.8 Å². The molecule has 0 radical (unpaired) electrons. The molecular formula is C25H24N4OS. The zero-order valence-electron chi connectivity index (χ0n) is 17.5. The summed E-state index contributed by atoms with van der Waals surface area (Å²) >= 11 is 5.71. The lowest BCUT2D eigenvalue weighted by molar-refractivity contribution is 0.284. The number of H-pyrrole nitrogens is 1. The average molecular weight is 429 g/mol. The lowest BCUT2D eigenvalue weighted by Gasteiger charge is -2.42. The van der Waals surface area contributed by atoms with Crippen LogP contribution in [0.15, 0.2) is 53.3 Å². The Morgan fingerprint density at radius 1 is 1.03 bits per heavy atom. The molecule has 1 saturated carbocycles. The molecule has 0 atom stereocenters. The van der Waals surface area contributed by atoms with E-state index in [9.17, 15) is 4.79 Å². The Labute approximate surface area is 185 Å². The van der Waals surface area contributed by atoms with E-state index >= 15 is 0 Å². The lowest BCUT2D eigenvalue weighted by atomic mass is 9.62. The molecule has 2 aromatic heterocycles. The first-order chi connectivity index (χ1) is 15.1. The topological polar surface area (TPSA) is 55.1 Å². The van der Waals surface area contributed by atoms with E-state index in [1.54, 1.807) is 4.57 Å². The van der Waals surface area contributed by atoms with Gasteiger partial charge in [-0.25, -0.2) is 9.67 Å². The van der Waals surface area contributed by atoms with Crippen LogP contribution in [0.3, 0.4) is 0 Å². The summed E-state index contributed by atoms with van der Waals surface area (Å²) in [6, 6.07) is 16.5. The zero-order valence-corrected chi connectivity index (χ0v) is 18.3. The largest absolute Gasteiger partial charge is 0.268 e. The highest BCUT2D eigenvalue weighted by Gasteiger charge is 2.44. The third kappa shape index (κ3) is 2.57. The van der Waals surface area contributed by atoms with Crippen molar-refractivity contribution in [2.45, 2.75) is 50.9 Å². The van der Waals surface area contributed by atoms with Crippen molar-refractivity contribution in [3.05, 3.63) is 80.3 Å². The molecule has 6 rings (SSSR count). The van der Waals surface area contributed by atoms with Crippen molar-refractivity contribution in [1.82, 2.24) is 19.2 Å². The maximum absolute atomic E-state index is 14.3. The molecular weight excluding hydrogens is 404 g/mol. The minimum Gasteiger partial charge on any atom is -0.268 e. The van der Waals surface area contributed by atoms with Crippen LogP contribution in [0.2, 0.25) is 0 Å². The highest BCUT2D eigenvalue weighted by atomic mass is 32.1. The summed E-state index contributed by atoms with van der Waals surface area (Å²) in [5.41, 5.74) is 6.05. The second kappa shape index (κ2) is 6.76. The normalized spacial score (nSPS) is 16.9. The summed E-state index contributed by atoms with van der Waals surface area (Å²) < 4.78 is 4.29. The average Bonchev–Trinajstić information content (AvgIpc) is 3.16. The van der Waals surface area contributed by atoms with Gasteiger partial charge < -0.3 is 0 Å². The monoisotopic (exact) mass is 428 g/mol. The van der Waals surface area contributed by atoms with Crippen molar-refractivity contribution >= 4 is 18.0 Å². The quantitative estimate of drug-likeness (QED) is 0.420. The minimum atomic E-state index is -0.149. The number of aromatic amines is 1. The van der Waals surface area contributed by atoms with E-state index in [0.29, 0.717) is 10.5 Å². The van der Waals surface area contributed by atoms with Crippen LogP contribution in [-0.4, -0.2) is 19.2 Å². The van der Waals surface area contributed by atoms with Crippen molar-refractivity contribution in [2.75, 3.05) is 0 Å². The summed E-state index contributed by atoms with van der Waals surface area (Å²) in [5, 5.41) is 7.48. The van der Waals surface area contributed by atoms with E-state index in [-0.39, 0.29) is 11.0 Å². The molecule has 1 fully saturated rings. The summed E-state index contributed by atoms with van der Waals surface area (Å²) in [4.78, 5) is 14.3. The SMILES string of the molecule is Cc1ccccc1-n1c(=O)c2c(n3c(=S)[nH]nc13)-c1ccccc1CC21CCCCC1. The van der Waals surface area contributed by atoms with Gasteiger partial charge in [-0.05, 0) is 55.6 Å². The van der Waals surface area contributed by atoms with Gasteiger partial charge in [0.05, 0.1) is 11.4 Å². The van der Waals surface area contributed by atoms with Crippen molar-refractivity contribution in [1.29, 1.82) is 0 Å². The first kappa shape index (κ1) is 18.8. The molecule has 0 bridgehead atoms. The van der Waals surface area contributed by atoms with Gasteiger partial charge in [-0.1, -0.05) is 61.7 Å². The molecule has 2 heterocycles. The first-order valence-electron chi connectivity index (χ1n) is 11.0. The third-order valence-corrected chi connectivity index (χ3v) is 7.50. The molecule has 2 aliphatic rings. The number of hydrogen-bond acceptors (Lipinski definition) is 3. The number of fused-ring (bicyclic) bond motifs is 6. The Balaban J connectivity index is 1.83. The Bertz CT molecular complexity index is 1450. The second-order valence-corrected chi connectivity index (χ2v) is 9.38. The molecule has 0 amide bonds. The van der Waals surface area contributed by atoms with E-state index in [1.165, 1.54) is 12.0 Å². The molecule has 156 valence electrons. The van der Waals surface area contributed by atoms with Crippen LogP contribution in [0.5, 0.6) is 0 Å². The van der Waals surface area contributed by atoms with E-state index in [4.69, 9.17) is 12.2 Å². The molecule has 0 aliphatic heterocycles. The van der Waals surface area contributed by atoms with Crippen LogP contribution < -0.4 is 5.56 Å². The number of nitrogens with one attached hydrogen (secondary N) is 1. The molecule has 31 heavy (non-hydrogen) atoms. The van der Waals surface area contributed by atoms with Gasteiger partial charge >= 0.3 is 0 Å². The summed E-state index contributed by atoms with van der Waals surface area (Å²) in [6.45, 7) is 2.03. The van der Waals surface area contributed by atoms with Crippen LogP contribution >= 0.6 is 12.2 Å². The van der Waals surface area contributed by atoms with E-state index < -0.39 is 0 Å². The van der Waals surface area contributed by atoms with Crippen molar-refractivity contribution in [2.24, 2.45) is 0 Å². The highest BCUT2D eigenvalue weighted by molar-refractivity contribution is 7.71. The number of para-hydroxylation sites is 1. The predicted octanol–water partition coefficient (Wildman–Crippen LogP) is 5.28. The molecule has 2 aromatic carbocycles. The smallest absolute Gasteiger partial charge is 0.263 e. The molecule has 1 N–H and O–H groups in total.